The first kappa shape index (κ1) is 12.1. The predicted octanol–water partition coefficient (Wildman–Crippen LogP) is 2.92. The third-order valence-electron chi connectivity index (χ3n) is 4.25. The molecule has 0 spiro atoms. The fourth-order valence-electron chi connectivity index (χ4n) is 3.36. The first-order valence-electron chi connectivity index (χ1n) is 6.93. The molecule has 0 aliphatic carbocycles. The summed E-state index contributed by atoms with van der Waals surface area (Å²) in [5, 5.41) is 0. The van der Waals surface area contributed by atoms with Crippen molar-refractivity contribution in [3.8, 4) is 0 Å². The van der Waals surface area contributed by atoms with Crippen LogP contribution in [0.1, 0.15) is 37.0 Å². The largest absolute Gasteiger partial charge is 0.372 e. The normalized spacial score (nSPS) is 28.3. The Morgan fingerprint density at radius 1 is 1.44 bits per heavy atom. The Morgan fingerprint density at radius 2 is 2.33 bits per heavy atom. The van der Waals surface area contributed by atoms with Crippen molar-refractivity contribution in [2.24, 2.45) is 0 Å². The fourth-order valence-corrected chi connectivity index (χ4v) is 3.36. The second-order valence-electron chi connectivity index (χ2n) is 5.22. The maximum atomic E-state index is 13.3. The number of nitrogens with zero attached hydrogens (tertiary/aromatic N) is 1. The fraction of sp³-hybridized carbons (Fsp3) is 0.600. The lowest BCUT2D eigenvalue weighted by molar-refractivity contribution is -0.0108. The number of hydrogen-bond acceptors (Lipinski definition) is 2. The highest BCUT2D eigenvalue weighted by Gasteiger charge is 2.35. The molecular formula is C15H20FNO. The summed E-state index contributed by atoms with van der Waals surface area (Å²) in [6.07, 6.45) is 3.41. The first-order valence-corrected chi connectivity index (χ1v) is 6.93. The first-order chi connectivity index (χ1) is 8.79. The van der Waals surface area contributed by atoms with Crippen molar-refractivity contribution in [3.05, 3.63) is 35.1 Å². The van der Waals surface area contributed by atoms with Gasteiger partial charge in [0, 0.05) is 6.04 Å². The molecule has 1 saturated heterocycles. The van der Waals surface area contributed by atoms with E-state index < -0.39 is 0 Å². The number of halogens is 1. The average Bonchev–Trinajstić information content (AvgIpc) is 2.85. The van der Waals surface area contributed by atoms with E-state index in [-0.39, 0.29) is 11.9 Å². The zero-order valence-corrected chi connectivity index (χ0v) is 10.9. The maximum absolute atomic E-state index is 13.3. The molecular weight excluding hydrogens is 229 g/mol. The van der Waals surface area contributed by atoms with E-state index in [4.69, 9.17) is 4.74 Å². The van der Waals surface area contributed by atoms with Crippen LogP contribution in [0.2, 0.25) is 0 Å². The Hall–Kier alpha value is -0.930. The van der Waals surface area contributed by atoms with Gasteiger partial charge in [0.2, 0.25) is 0 Å². The van der Waals surface area contributed by atoms with Crippen molar-refractivity contribution in [2.45, 2.75) is 38.3 Å². The number of ether oxygens (including phenoxy) is 1. The Balaban J connectivity index is 1.91. The summed E-state index contributed by atoms with van der Waals surface area (Å²) < 4.78 is 19.3. The second-order valence-corrected chi connectivity index (χ2v) is 5.22. The Kier molecular flexibility index (Phi) is 3.35. The van der Waals surface area contributed by atoms with Crippen molar-refractivity contribution in [3.63, 3.8) is 0 Å². The predicted molar refractivity (Wildman–Crippen MR) is 69.1 cm³/mol. The molecule has 2 atom stereocenters. The highest BCUT2D eigenvalue weighted by molar-refractivity contribution is 5.32. The quantitative estimate of drug-likeness (QED) is 0.799. The average molecular weight is 249 g/mol. The summed E-state index contributed by atoms with van der Waals surface area (Å²) in [5.41, 5.74) is 2.34. The zero-order valence-electron chi connectivity index (χ0n) is 10.9. The van der Waals surface area contributed by atoms with Gasteiger partial charge in [-0.25, -0.2) is 4.39 Å². The third-order valence-corrected chi connectivity index (χ3v) is 4.25. The van der Waals surface area contributed by atoms with Crippen LogP contribution in [0.25, 0.3) is 0 Å². The van der Waals surface area contributed by atoms with Crippen molar-refractivity contribution in [2.75, 3.05) is 19.7 Å². The molecule has 3 heteroatoms. The van der Waals surface area contributed by atoms with Gasteiger partial charge >= 0.3 is 0 Å². The smallest absolute Gasteiger partial charge is 0.123 e. The van der Waals surface area contributed by atoms with E-state index in [0.717, 1.165) is 31.7 Å². The van der Waals surface area contributed by atoms with Gasteiger partial charge < -0.3 is 4.74 Å². The molecule has 0 aromatic heterocycles. The monoisotopic (exact) mass is 249 g/mol. The van der Waals surface area contributed by atoms with Gasteiger partial charge in [-0.2, -0.15) is 0 Å². The van der Waals surface area contributed by atoms with E-state index in [2.05, 4.69) is 11.8 Å². The van der Waals surface area contributed by atoms with Crippen molar-refractivity contribution in [1.29, 1.82) is 0 Å². The lowest BCUT2D eigenvalue weighted by atomic mass is 9.92. The third kappa shape index (κ3) is 2.06. The van der Waals surface area contributed by atoms with E-state index in [1.165, 1.54) is 18.4 Å². The van der Waals surface area contributed by atoms with Gasteiger partial charge in [-0.05, 0) is 55.6 Å². The number of hydrogen-bond donors (Lipinski definition) is 0. The summed E-state index contributed by atoms with van der Waals surface area (Å²) in [5.74, 6) is -0.131. The van der Waals surface area contributed by atoms with Gasteiger partial charge in [-0.15, -0.1) is 0 Å². The number of likely N-dealkylation sites (N-methyl/N-ethyl adjacent to an activating group) is 1. The summed E-state index contributed by atoms with van der Waals surface area (Å²) in [7, 11) is 0. The summed E-state index contributed by atoms with van der Waals surface area (Å²) in [4.78, 5) is 2.49. The number of benzene rings is 1. The van der Waals surface area contributed by atoms with Gasteiger partial charge in [-0.3, -0.25) is 4.90 Å². The zero-order chi connectivity index (χ0) is 12.5. The Morgan fingerprint density at radius 3 is 3.17 bits per heavy atom. The standard InChI is InChI=1S/C15H20FNO/c1-2-17-8-3-4-14(17)15-13-6-5-12(16)10-11(13)7-9-18-15/h5-6,10,14-15H,2-4,7-9H2,1H3/t14-,15+/m0/s1. The van der Waals surface area contributed by atoms with E-state index in [0.29, 0.717) is 6.04 Å². The molecule has 1 fully saturated rings. The second kappa shape index (κ2) is 4.98. The van der Waals surface area contributed by atoms with Gasteiger partial charge in [0.05, 0.1) is 12.7 Å². The minimum atomic E-state index is -0.131. The maximum Gasteiger partial charge on any atom is 0.123 e. The highest BCUT2D eigenvalue weighted by atomic mass is 19.1. The molecule has 0 radical (unpaired) electrons. The molecule has 0 N–H and O–H groups in total. The number of likely N-dealkylation sites (tertiary alicyclic amines) is 1. The van der Waals surface area contributed by atoms with E-state index >= 15 is 0 Å². The lowest BCUT2D eigenvalue weighted by Gasteiger charge is -2.35. The molecule has 18 heavy (non-hydrogen) atoms. The van der Waals surface area contributed by atoms with Crippen LogP contribution in [0.15, 0.2) is 18.2 Å². The van der Waals surface area contributed by atoms with Crippen molar-refractivity contribution in [1.82, 2.24) is 4.90 Å². The van der Waals surface area contributed by atoms with Crippen LogP contribution in [-0.4, -0.2) is 30.6 Å². The summed E-state index contributed by atoms with van der Waals surface area (Å²) in [6.45, 7) is 5.15. The molecule has 1 aromatic carbocycles. The Labute approximate surface area is 108 Å². The topological polar surface area (TPSA) is 12.5 Å². The molecule has 98 valence electrons. The van der Waals surface area contributed by atoms with Crippen LogP contribution in [0.4, 0.5) is 4.39 Å². The number of rotatable bonds is 2. The van der Waals surface area contributed by atoms with Crippen LogP contribution in [0.5, 0.6) is 0 Å². The molecule has 2 heterocycles. The van der Waals surface area contributed by atoms with Gasteiger partial charge in [-0.1, -0.05) is 13.0 Å². The minimum Gasteiger partial charge on any atom is -0.372 e. The number of fused-ring (bicyclic) bond motifs is 1. The molecule has 0 unspecified atom stereocenters. The summed E-state index contributed by atoms with van der Waals surface area (Å²) in [6, 6.07) is 5.63. The van der Waals surface area contributed by atoms with Crippen LogP contribution in [0, 0.1) is 5.82 Å². The van der Waals surface area contributed by atoms with Crippen molar-refractivity contribution >= 4 is 0 Å². The van der Waals surface area contributed by atoms with E-state index in [1.807, 2.05) is 6.07 Å². The van der Waals surface area contributed by atoms with Crippen molar-refractivity contribution < 1.29 is 9.13 Å². The highest BCUT2D eigenvalue weighted by Crippen LogP contribution is 2.36. The minimum absolute atomic E-state index is 0.131. The molecule has 0 saturated carbocycles. The molecule has 1 aromatic rings. The summed E-state index contributed by atoms with van der Waals surface area (Å²) >= 11 is 0. The van der Waals surface area contributed by atoms with Crippen LogP contribution in [-0.2, 0) is 11.2 Å². The lowest BCUT2D eigenvalue weighted by Crippen LogP contribution is -2.37. The molecule has 0 amide bonds. The van der Waals surface area contributed by atoms with Crippen LogP contribution < -0.4 is 0 Å². The van der Waals surface area contributed by atoms with Crippen LogP contribution in [0.3, 0.4) is 0 Å². The van der Waals surface area contributed by atoms with E-state index in [9.17, 15) is 4.39 Å². The molecule has 2 aliphatic heterocycles. The van der Waals surface area contributed by atoms with Gasteiger partial charge in [0.1, 0.15) is 5.82 Å². The Bertz CT molecular complexity index is 435. The molecule has 0 bridgehead atoms. The molecule has 2 aliphatic rings. The SMILES string of the molecule is CCN1CCC[C@H]1[C@@H]1OCCc2cc(F)ccc21. The molecule has 2 nitrogen and oxygen atoms in total. The van der Waals surface area contributed by atoms with E-state index in [1.54, 1.807) is 12.1 Å². The molecule has 3 rings (SSSR count). The van der Waals surface area contributed by atoms with Crippen LogP contribution >= 0.6 is 0 Å². The van der Waals surface area contributed by atoms with Gasteiger partial charge in [0.25, 0.3) is 0 Å². The van der Waals surface area contributed by atoms with Gasteiger partial charge in [0.15, 0.2) is 0 Å².